The molecule has 0 atom stereocenters. The highest BCUT2D eigenvalue weighted by Crippen LogP contribution is 2.28. The first-order chi connectivity index (χ1) is 8.58. The number of nitrogens with one attached hydrogen (secondary N) is 1. The summed E-state index contributed by atoms with van der Waals surface area (Å²) in [5.74, 6) is 0. The fraction of sp³-hybridized carbons (Fsp3) is 0.286. The van der Waals surface area contributed by atoms with E-state index in [-0.39, 0.29) is 0 Å². The van der Waals surface area contributed by atoms with Crippen LogP contribution in [0.3, 0.4) is 0 Å². The molecule has 0 aliphatic heterocycles. The van der Waals surface area contributed by atoms with Crippen molar-refractivity contribution in [2.75, 3.05) is 24.3 Å². The molecular formula is C14H17BrN2S. The van der Waals surface area contributed by atoms with E-state index in [1.54, 1.807) is 0 Å². The maximum Gasteiger partial charge on any atom is 0.0596 e. The molecule has 1 heterocycles. The van der Waals surface area contributed by atoms with Gasteiger partial charge in [-0.05, 0) is 41.1 Å². The van der Waals surface area contributed by atoms with Crippen LogP contribution in [-0.4, -0.2) is 14.1 Å². The van der Waals surface area contributed by atoms with Gasteiger partial charge in [-0.15, -0.1) is 11.3 Å². The molecule has 0 spiro atoms. The number of thiophene rings is 1. The average Bonchev–Trinajstić information content (AvgIpc) is 2.66. The number of anilines is 2. The van der Waals surface area contributed by atoms with Gasteiger partial charge in [0, 0.05) is 34.9 Å². The minimum Gasteiger partial charge on any atom is -0.378 e. The van der Waals surface area contributed by atoms with Gasteiger partial charge in [0.1, 0.15) is 0 Å². The molecule has 0 amide bonds. The summed E-state index contributed by atoms with van der Waals surface area (Å²) in [6, 6.07) is 10.5. The van der Waals surface area contributed by atoms with E-state index in [0.717, 1.165) is 6.54 Å². The molecule has 96 valence electrons. The second-order valence-electron chi connectivity index (χ2n) is 4.38. The van der Waals surface area contributed by atoms with Gasteiger partial charge in [0.05, 0.1) is 11.4 Å². The maximum absolute atomic E-state index is 3.55. The summed E-state index contributed by atoms with van der Waals surface area (Å²) in [5.41, 5.74) is 2.38. The van der Waals surface area contributed by atoms with Crippen molar-refractivity contribution in [3.63, 3.8) is 0 Å². The molecule has 1 aromatic heterocycles. The van der Waals surface area contributed by atoms with Crippen molar-refractivity contribution in [2.24, 2.45) is 0 Å². The molecule has 0 aliphatic carbocycles. The van der Waals surface area contributed by atoms with E-state index < -0.39 is 0 Å². The van der Waals surface area contributed by atoms with Crippen LogP contribution in [-0.2, 0) is 6.54 Å². The Kier molecular flexibility index (Phi) is 4.30. The van der Waals surface area contributed by atoms with Crippen molar-refractivity contribution in [3.8, 4) is 0 Å². The number of hydrogen-bond donors (Lipinski definition) is 1. The molecule has 2 nitrogen and oxygen atoms in total. The highest BCUT2D eigenvalue weighted by molar-refractivity contribution is 9.10. The standard InChI is InChI=1S/C14H17BrN2S/c1-10-12(15)8-11(18-10)9-16-13-6-4-5-7-14(13)17(2)3/h4-8,16H,9H2,1-3H3. The maximum atomic E-state index is 3.55. The van der Waals surface area contributed by atoms with Crippen LogP contribution < -0.4 is 10.2 Å². The Labute approximate surface area is 121 Å². The van der Waals surface area contributed by atoms with E-state index in [1.165, 1.54) is 25.6 Å². The molecule has 0 fully saturated rings. The molecule has 0 radical (unpaired) electrons. The molecule has 0 saturated heterocycles. The molecule has 1 N–H and O–H groups in total. The fourth-order valence-electron chi connectivity index (χ4n) is 1.80. The Morgan fingerprint density at radius 2 is 2.00 bits per heavy atom. The van der Waals surface area contributed by atoms with Crippen LogP contribution in [0.15, 0.2) is 34.8 Å². The molecular weight excluding hydrogens is 308 g/mol. The summed E-state index contributed by atoms with van der Waals surface area (Å²) in [7, 11) is 4.12. The van der Waals surface area contributed by atoms with Gasteiger partial charge in [-0.3, -0.25) is 0 Å². The number of rotatable bonds is 4. The lowest BCUT2D eigenvalue weighted by Gasteiger charge is -2.18. The van der Waals surface area contributed by atoms with Gasteiger partial charge >= 0.3 is 0 Å². The zero-order valence-electron chi connectivity index (χ0n) is 10.8. The van der Waals surface area contributed by atoms with Crippen LogP contribution in [0.2, 0.25) is 0 Å². The fourth-order valence-corrected chi connectivity index (χ4v) is 3.34. The van der Waals surface area contributed by atoms with Crippen LogP contribution in [0.1, 0.15) is 9.75 Å². The van der Waals surface area contributed by atoms with E-state index in [2.05, 4.69) is 77.5 Å². The van der Waals surface area contributed by atoms with Crippen molar-refractivity contribution in [1.29, 1.82) is 0 Å². The molecule has 0 aliphatic rings. The van der Waals surface area contributed by atoms with Crippen molar-refractivity contribution >= 4 is 38.6 Å². The van der Waals surface area contributed by atoms with Gasteiger partial charge in [-0.2, -0.15) is 0 Å². The van der Waals surface area contributed by atoms with Crippen molar-refractivity contribution in [2.45, 2.75) is 13.5 Å². The van der Waals surface area contributed by atoms with Crippen LogP contribution in [0.5, 0.6) is 0 Å². The highest BCUT2D eigenvalue weighted by Gasteiger charge is 2.05. The van der Waals surface area contributed by atoms with E-state index in [9.17, 15) is 0 Å². The number of aryl methyl sites for hydroxylation is 1. The average molecular weight is 325 g/mol. The van der Waals surface area contributed by atoms with Gasteiger partial charge in [-0.1, -0.05) is 12.1 Å². The van der Waals surface area contributed by atoms with E-state index in [4.69, 9.17) is 0 Å². The molecule has 0 bridgehead atoms. The molecule has 2 rings (SSSR count). The van der Waals surface area contributed by atoms with Gasteiger partial charge in [0.2, 0.25) is 0 Å². The Balaban J connectivity index is 2.10. The highest BCUT2D eigenvalue weighted by atomic mass is 79.9. The first kappa shape index (κ1) is 13.4. The smallest absolute Gasteiger partial charge is 0.0596 e. The Morgan fingerprint density at radius 1 is 1.28 bits per heavy atom. The third-order valence-corrected chi connectivity index (χ3v) is 4.88. The third kappa shape index (κ3) is 3.06. The lowest BCUT2D eigenvalue weighted by molar-refractivity contribution is 1.11. The van der Waals surface area contributed by atoms with Gasteiger partial charge < -0.3 is 10.2 Å². The predicted octanol–water partition coefficient (Wildman–Crippen LogP) is 4.50. The van der Waals surface area contributed by atoms with Crippen LogP contribution in [0.25, 0.3) is 0 Å². The summed E-state index contributed by atoms with van der Waals surface area (Å²) in [4.78, 5) is 4.79. The zero-order chi connectivity index (χ0) is 13.1. The van der Waals surface area contributed by atoms with Gasteiger partial charge in [0.25, 0.3) is 0 Å². The summed E-state index contributed by atoms with van der Waals surface area (Å²) < 4.78 is 1.20. The Morgan fingerprint density at radius 3 is 2.61 bits per heavy atom. The minimum absolute atomic E-state index is 0.863. The zero-order valence-corrected chi connectivity index (χ0v) is 13.2. The SMILES string of the molecule is Cc1sc(CNc2ccccc2N(C)C)cc1Br. The normalized spacial score (nSPS) is 10.4. The summed E-state index contributed by atoms with van der Waals surface area (Å²) in [6.45, 7) is 2.99. The topological polar surface area (TPSA) is 15.3 Å². The third-order valence-electron chi connectivity index (χ3n) is 2.75. The molecule has 18 heavy (non-hydrogen) atoms. The first-order valence-electron chi connectivity index (χ1n) is 5.83. The van der Waals surface area contributed by atoms with Crippen molar-refractivity contribution in [1.82, 2.24) is 0 Å². The number of halogens is 1. The van der Waals surface area contributed by atoms with E-state index in [0.29, 0.717) is 0 Å². The summed E-state index contributed by atoms with van der Waals surface area (Å²) >= 11 is 5.38. The van der Waals surface area contributed by atoms with Crippen LogP contribution >= 0.6 is 27.3 Å². The lowest BCUT2D eigenvalue weighted by Crippen LogP contribution is -2.11. The molecule has 2 aromatic rings. The monoisotopic (exact) mass is 324 g/mol. The first-order valence-corrected chi connectivity index (χ1v) is 7.44. The molecule has 1 aromatic carbocycles. The van der Waals surface area contributed by atoms with Gasteiger partial charge in [-0.25, -0.2) is 0 Å². The summed E-state index contributed by atoms with van der Waals surface area (Å²) in [6.07, 6.45) is 0. The Bertz CT molecular complexity index is 515. The Hall–Kier alpha value is -1.00. The second-order valence-corrected chi connectivity index (χ2v) is 6.58. The predicted molar refractivity (Wildman–Crippen MR) is 84.9 cm³/mol. The van der Waals surface area contributed by atoms with Crippen molar-refractivity contribution in [3.05, 3.63) is 44.6 Å². The molecule has 4 heteroatoms. The number of para-hydroxylation sites is 2. The lowest BCUT2D eigenvalue weighted by atomic mass is 10.2. The van der Waals surface area contributed by atoms with Gasteiger partial charge in [0.15, 0.2) is 0 Å². The van der Waals surface area contributed by atoms with Crippen LogP contribution in [0.4, 0.5) is 11.4 Å². The molecule has 0 saturated carbocycles. The number of hydrogen-bond acceptors (Lipinski definition) is 3. The minimum atomic E-state index is 0.863. The number of nitrogens with zero attached hydrogens (tertiary/aromatic N) is 1. The van der Waals surface area contributed by atoms with E-state index in [1.807, 2.05) is 11.3 Å². The largest absolute Gasteiger partial charge is 0.378 e. The van der Waals surface area contributed by atoms with Crippen molar-refractivity contribution < 1.29 is 0 Å². The quantitative estimate of drug-likeness (QED) is 0.890. The van der Waals surface area contributed by atoms with E-state index >= 15 is 0 Å². The number of benzene rings is 1. The summed E-state index contributed by atoms with van der Waals surface area (Å²) in [5, 5.41) is 3.50. The van der Waals surface area contributed by atoms with Crippen LogP contribution in [0, 0.1) is 6.92 Å². The molecule has 0 unspecified atom stereocenters. The second kappa shape index (κ2) is 5.76.